The average Bonchev–Trinajstić information content (AvgIpc) is 2.97. The van der Waals surface area contributed by atoms with Gasteiger partial charge in [-0.3, -0.25) is 14.6 Å². The number of carbonyl (C=O) groups is 2. The van der Waals surface area contributed by atoms with Gasteiger partial charge in [-0.1, -0.05) is 135 Å². The maximum absolute atomic E-state index is 12.8. The molecule has 2 amide bonds. The first-order chi connectivity index (χ1) is 20.5. The Morgan fingerprint density at radius 2 is 1.10 bits per heavy atom. The summed E-state index contributed by atoms with van der Waals surface area (Å²) in [5, 5.41) is 5.92. The summed E-state index contributed by atoms with van der Waals surface area (Å²) in [6, 6.07) is -0.605. The van der Waals surface area contributed by atoms with E-state index in [9.17, 15) is 9.59 Å². The van der Waals surface area contributed by atoms with Crippen LogP contribution < -0.4 is 22.1 Å². The van der Waals surface area contributed by atoms with Crippen molar-refractivity contribution in [1.82, 2.24) is 10.6 Å². The molecule has 7 nitrogen and oxygen atoms in total. The Bertz CT molecular complexity index is 676. The van der Waals surface area contributed by atoms with Crippen molar-refractivity contribution < 1.29 is 9.59 Å². The van der Waals surface area contributed by atoms with E-state index in [4.69, 9.17) is 11.5 Å². The predicted octanol–water partition coefficient (Wildman–Crippen LogP) is 8.21. The number of nitrogens with two attached hydrogens (primary N) is 2. The Morgan fingerprint density at radius 3 is 1.60 bits per heavy atom. The van der Waals surface area contributed by atoms with Gasteiger partial charge in [0.25, 0.3) is 0 Å². The van der Waals surface area contributed by atoms with E-state index < -0.39 is 6.04 Å². The zero-order chi connectivity index (χ0) is 30.9. The minimum Gasteiger partial charge on any atom is -0.370 e. The molecule has 0 aliphatic rings. The normalized spacial score (nSPS) is 12.0. The molecule has 0 aliphatic heterocycles. The third-order valence-corrected chi connectivity index (χ3v) is 7.86. The highest BCUT2D eigenvalue weighted by Gasteiger charge is 2.20. The lowest BCUT2D eigenvalue weighted by molar-refractivity contribution is -0.129. The monoisotopic (exact) mass is 592 g/mol. The van der Waals surface area contributed by atoms with E-state index in [2.05, 4.69) is 41.6 Å². The van der Waals surface area contributed by atoms with E-state index in [-0.39, 0.29) is 17.8 Å². The van der Waals surface area contributed by atoms with E-state index in [1.54, 1.807) is 0 Å². The molecule has 42 heavy (non-hydrogen) atoms. The molecule has 0 aromatic carbocycles. The number of hydrogen-bond acceptors (Lipinski definition) is 3. The van der Waals surface area contributed by atoms with Gasteiger partial charge in [0.2, 0.25) is 11.8 Å². The topological polar surface area (TPSA) is 123 Å². The molecule has 0 rings (SSSR count). The molecule has 6 N–H and O–H groups in total. The van der Waals surface area contributed by atoms with Crippen LogP contribution in [0.3, 0.4) is 0 Å². The molecular weight excluding hydrogens is 522 g/mol. The lowest BCUT2D eigenvalue weighted by atomic mass is 10.1. The number of nitrogens with zero attached hydrogens (tertiary/aromatic N) is 1. The summed E-state index contributed by atoms with van der Waals surface area (Å²) in [5.74, 6) is -0.217. The number of amides is 2. The first-order valence-corrected chi connectivity index (χ1v) is 17.8. The van der Waals surface area contributed by atoms with Crippen LogP contribution in [0.25, 0.3) is 0 Å². The number of guanidine groups is 1. The van der Waals surface area contributed by atoms with E-state index in [0.29, 0.717) is 25.9 Å². The maximum atomic E-state index is 12.8. The van der Waals surface area contributed by atoms with Crippen LogP contribution in [0.15, 0.2) is 17.1 Å². The minimum atomic E-state index is -0.605. The average molecular weight is 592 g/mol. The molecular formula is C35H69N5O2. The summed E-state index contributed by atoms with van der Waals surface area (Å²) in [4.78, 5) is 29.3. The SMILES string of the molecule is CCCCCCCCC=CCCCCCCCC(=O)NC(CCN=C(N)N)C(=O)NCCCCCCCCCCCC. The molecule has 7 heteroatoms. The van der Waals surface area contributed by atoms with Gasteiger partial charge >= 0.3 is 0 Å². The predicted molar refractivity (Wildman–Crippen MR) is 182 cm³/mol. The number of hydrogen-bond donors (Lipinski definition) is 4. The van der Waals surface area contributed by atoms with Gasteiger partial charge in [0, 0.05) is 19.5 Å². The first-order valence-electron chi connectivity index (χ1n) is 17.8. The standard InChI is InChI=1S/C35H69N5O2/c1-3-5-7-9-11-13-15-16-17-18-19-20-22-24-26-28-33(41)40-32(29-31-39-35(36)37)34(42)38-30-27-25-23-21-14-12-10-8-6-4-2/h16-17,32H,3-15,18-31H2,1-2H3,(H,38,42)(H,40,41)(H4,36,37,39). The third kappa shape index (κ3) is 29.4. The van der Waals surface area contributed by atoms with Crippen LogP contribution in [0.4, 0.5) is 0 Å². The molecule has 0 fully saturated rings. The molecule has 246 valence electrons. The summed E-state index contributed by atoms with van der Waals surface area (Å²) < 4.78 is 0. The van der Waals surface area contributed by atoms with E-state index >= 15 is 0 Å². The van der Waals surface area contributed by atoms with Gasteiger partial charge in [-0.25, -0.2) is 0 Å². The van der Waals surface area contributed by atoms with Crippen LogP contribution in [0.1, 0.15) is 174 Å². The van der Waals surface area contributed by atoms with E-state index in [1.165, 1.54) is 109 Å². The molecule has 1 unspecified atom stereocenters. The van der Waals surface area contributed by atoms with Crippen molar-refractivity contribution in [2.45, 2.75) is 180 Å². The van der Waals surface area contributed by atoms with Gasteiger partial charge < -0.3 is 22.1 Å². The number of aliphatic imine (C=N–C) groups is 1. The van der Waals surface area contributed by atoms with Crippen molar-refractivity contribution in [3.63, 3.8) is 0 Å². The molecule has 0 bridgehead atoms. The highest BCUT2D eigenvalue weighted by molar-refractivity contribution is 5.87. The third-order valence-electron chi connectivity index (χ3n) is 7.86. The molecule has 0 saturated heterocycles. The summed E-state index contributed by atoms with van der Waals surface area (Å²) in [7, 11) is 0. The van der Waals surface area contributed by atoms with Crippen molar-refractivity contribution in [2.24, 2.45) is 16.5 Å². The zero-order valence-electron chi connectivity index (χ0n) is 27.7. The second kappa shape index (κ2) is 31.9. The lowest BCUT2D eigenvalue weighted by Crippen LogP contribution is -2.47. The van der Waals surface area contributed by atoms with Crippen LogP contribution in [0.2, 0.25) is 0 Å². The van der Waals surface area contributed by atoms with E-state index in [1.807, 2.05) is 0 Å². The molecule has 0 saturated carbocycles. The zero-order valence-corrected chi connectivity index (χ0v) is 27.7. The molecule has 0 radical (unpaired) electrons. The fourth-order valence-electron chi connectivity index (χ4n) is 5.16. The molecule has 0 heterocycles. The van der Waals surface area contributed by atoms with Gasteiger partial charge in [-0.2, -0.15) is 0 Å². The Balaban J connectivity index is 4.00. The number of allylic oxidation sites excluding steroid dienone is 2. The minimum absolute atomic E-state index is 0.000793. The second-order valence-corrected chi connectivity index (χ2v) is 12.0. The fraction of sp³-hybridized carbons (Fsp3) is 0.857. The molecule has 0 spiro atoms. The molecule has 0 aromatic rings. The Labute approximate surface area is 259 Å². The van der Waals surface area contributed by atoms with Crippen LogP contribution >= 0.6 is 0 Å². The number of rotatable bonds is 31. The van der Waals surface area contributed by atoms with Gasteiger partial charge in [-0.05, 0) is 44.9 Å². The van der Waals surface area contributed by atoms with Crippen molar-refractivity contribution >= 4 is 17.8 Å². The molecule has 0 aromatic heterocycles. The van der Waals surface area contributed by atoms with Crippen LogP contribution in [0.5, 0.6) is 0 Å². The summed E-state index contributed by atoms with van der Waals surface area (Å²) in [6.45, 7) is 5.46. The maximum Gasteiger partial charge on any atom is 0.242 e. The Kier molecular flexibility index (Phi) is 30.3. The quantitative estimate of drug-likeness (QED) is 0.0281. The van der Waals surface area contributed by atoms with Crippen LogP contribution in [-0.2, 0) is 9.59 Å². The van der Waals surface area contributed by atoms with Gasteiger partial charge in [0.05, 0.1) is 0 Å². The fourth-order valence-corrected chi connectivity index (χ4v) is 5.16. The van der Waals surface area contributed by atoms with Crippen molar-refractivity contribution in [2.75, 3.05) is 13.1 Å². The van der Waals surface area contributed by atoms with Crippen LogP contribution in [0, 0.1) is 0 Å². The van der Waals surface area contributed by atoms with Crippen molar-refractivity contribution in [1.29, 1.82) is 0 Å². The second-order valence-electron chi connectivity index (χ2n) is 12.0. The number of unbranched alkanes of at least 4 members (excludes halogenated alkanes) is 20. The lowest BCUT2D eigenvalue weighted by Gasteiger charge is -2.18. The van der Waals surface area contributed by atoms with Crippen molar-refractivity contribution in [3.05, 3.63) is 12.2 Å². The van der Waals surface area contributed by atoms with Crippen molar-refractivity contribution in [3.8, 4) is 0 Å². The van der Waals surface area contributed by atoms with E-state index in [0.717, 1.165) is 38.5 Å². The summed E-state index contributed by atoms with van der Waals surface area (Å²) in [5.41, 5.74) is 10.9. The highest BCUT2D eigenvalue weighted by Crippen LogP contribution is 2.11. The Morgan fingerprint density at radius 1 is 0.643 bits per heavy atom. The van der Waals surface area contributed by atoms with Gasteiger partial charge in [0.15, 0.2) is 5.96 Å². The van der Waals surface area contributed by atoms with Gasteiger partial charge in [0.1, 0.15) is 6.04 Å². The number of nitrogens with one attached hydrogen (secondary N) is 2. The smallest absolute Gasteiger partial charge is 0.242 e. The summed E-state index contributed by atoms with van der Waals surface area (Å²) >= 11 is 0. The number of carbonyl (C=O) groups excluding carboxylic acids is 2. The largest absolute Gasteiger partial charge is 0.370 e. The van der Waals surface area contributed by atoms with Gasteiger partial charge in [-0.15, -0.1) is 0 Å². The van der Waals surface area contributed by atoms with Crippen LogP contribution in [-0.4, -0.2) is 36.9 Å². The molecule has 0 aliphatic carbocycles. The molecule has 1 atom stereocenters. The first kappa shape index (κ1) is 40.0. The highest BCUT2D eigenvalue weighted by atomic mass is 16.2. The Hall–Kier alpha value is -2.05. The summed E-state index contributed by atoms with van der Waals surface area (Å²) in [6.07, 6.45) is 34.0.